The second-order valence-electron chi connectivity index (χ2n) is 4.68. The molecule has 0 bridgehead atoms. The fraction of sp³-hybridized carbons (Fsp3) is 0.267. The van der Waals surface area contributed by atoms with Crippen LogP contribution in [-0.4, -0.2) is 22.7 Å². The van der Waals surface area contributed by atoms with E-state index in [1.807, 2.05) is 13.0 Å². The Hall–Kier alpha value is -1.99. The van der Waals surface area contributed by atoms with E-state index in [0.717, 1.165) is 23.3 Å². The van der Waals surface area contributed by atoms with Gasteiger partial charge in [0.2, 0.25) is 0 Å². The minimum atomic E-state index is -0.964. The topological polar surface area (TPSA) is 78.8 Å². The number of carboxylic acid groups (broad SMARTS) is 1. The normalized spacial score (nSPS) is 11.5. The molecule has 0 saturated heterocycles. The van der Waals surface area contributed by atoms with Gasteiger partial charge < -0.3 is 5.11 Å². The third-order valence-electron chi connectivity index (χ3n) is 3.06. The number of carbonyl (C=O) groups excluding carboxylic acids is 1. The molecule has 2 aromatic rings. The average molecular weight is 336 g/mol. The van der Waals surface area contributed by atoms with Gasteiger partial charge in [0.05, 0.1) is 15.5 Å². The summed E-state index contributed by atoms with van der Waals surface area (Å²) in [6.07, 6.45) is 0.902. The number of thiophene rings is 2. The summed E-state index contributed by atoms with van der Waals surface area (Å²) in [7, 11) is 0. The van der Waals surface area contributed by atoms with Crippen LogP contribution in [0.2, 0.25) is 0 Å². The molecule has 0 aliphatic rings. The second-order valence-corrected chi connectivity index (χ2v) is 6.90. The van der Waals surface area contributed by atoms with E-state index in [2.05, 4.69) is 17.5 Å². The van der Waals surface area contributed by atoms with Gasteiger partial charge in [-0.25, -0.2) is 10.2 Å². The summed E-state index contributed by atoms with van der Waals surface area (Å²) in [5.41, 5.74) is 4.21. The standard InChI is InChI=1S/C15H16N2O3S2/c1-4-10-8(2)7-13(21-10)14(18)17-16-9(3)11-5-6-12(22-11)15(19)20/h5-7H,4H2,1-3H3,(H,17,18)(H,19,20)/b16-9-. The Morgan fingerprint density at radius 2 is 1.91 bits per heavy atom. The van der Waals surface area contributed by atoms with Crippen molar-refractivity contribution in [1.29, 1.82) is 0 Å². The van der Waals surface area contributed by atoms with Crippen molar-refractivity contribution in [3.05, 3.63) is 43.3 Å². The second kappa shape index (κ2) is 6.85. The molecule has 1 amide bonds. The maximum Gasteiger partial charge on any atom is 0.345 e. The van der Waals surface area contributed by atoms with Crippen LogP contribution < -0.4 is 5.43 Å². The van der Waals surface area contributed by atoms with Crippen LogP contribution in [0.3, 0.4) is 0 Å². The van der Waals surface area contributed by atoms with Gasteiger partial charge in [-0.15, -0.1) is 22.7 Å². The number of nitrogens with one attached hydrogen (secondary N) is 1. The van der Waals surface area contributed by atoms with Crippen LogP contribution >= 0.6 is 22.7 Å². The van der Waals surface area contributed by atoms with Crippen LogP contribution in [0.1, 0.15) is 48.5 Å². The smallest absolute Gasteiger partial charge is 0.345 e. The summed E-state index contributed by atoms with van der Waals surface area (Å²) in [5.74, 6) is -1.21. The molecule has 0 atom stereocenters. The molecule has 116 valence electrons. The zero-order valence-corrected chi connectivity index (χ0v) is 14.1. The zero-order valence-electron chi connectivity index (χ0n) is 12.5. The van der Waals surface area contributed by atoms with Gasteiger partial charge in [-0.1, -0.05) is 6.92 Å². The van der Waals surface area contributed by atoms with Crippen molar-refractivity contribution < 1.29 is 14.7 Å². The van der Waals surface area contributed by atoms with E-state index in [1.54, 1.807) is 13.0 Å². The lowest BCUT2D eigenvalue weighted by Gasteiger charge is -1.99. The number of amides is 1. The fourth-order valence-corrected chi connectivity index (χ4v) is 3.67. The largest absolute Gasteiger partial charge is 0.477 e. The monoisotopic (exact) mass is 336 g/mol. The number of carboxylic acids is 1. The van der Waals surface area contributed by atoms with Crippen LogP contribution in [0.25, 0.3) is 0 Å². The molecule has 0 aromatic carbocycles. The van der Waals surface area contributed by atoms with Crippen molar-refractivity contribution in [3.63, 3.8) is 0 Å². The van der Waals surface area contributed by atoms with E-state index < -0.39 is 5.97 Å². The van der Waals surface area contributed by atoms with Crippen molar-refractivity contribution >= 4 is 40.3 Å². The molecule has 0 unspecified atom stereocenters. The Kier molecular flexibility index (Phi) is 5.10. The quantitative estimate of drug-likeness (QED) is 0.647. The molecule has 0 aliphatic heterocycles. The lowest BCUT2D eigenvalue weighted by atomic mass is 10.2. The molecular weight excluding hydrogens is 320 g/mol. The third kappa shape index (κ3) is 3.61. The van der Waals surface area contributed by atoms with Crippen LogP contribution in [0.5, 0.6) is 0 Å². The molecule has 2 rings (SSSR count). The van der Waals surface area contributed by atoms with Crippen molar-refractivity contribution in [2.24, 2.45) is 5.10 Å². The SMILES string of the molecule is CCc1sc(C(=O)N/N=C(/C)c2ccc(C(=O)O)s2)cc1C. The summed E-state index contributed by atoms with van der Waals surface area (Å²) in [6, 6.07) is 5.07. The minimum absolute atomic E-state index is 0.248. The highest BCUT2D eigenvalue weighted by Crippen LogP contribution is 2.22. The molecule has 2 heterocycles. The van der Waals surface area contributed by atoms with E-state index in [9.17, 15) is 9.59 Å². The van der Waals surface area contributed by atoms with E-state index in [1.165, 1.54) is 22.3 Å². The summed E-state index contributed by atoms with van der Waals surface area (Å²) in [5, 5.41) is 12.9. The first-order valence-corrected chi connectivity index (χ1v) is 8.33. The molecule has 2 N–H and O–H groups in total. The van der Waals surface area contributed by atoms with Gasteiger partial charge >= 0.3 is 5.97 Å². The Bertz CT molecular complexity index is 744. The summed E-state index contributed by atoms with van der Waals surface area (Å²) >= 11 is 2.59. The number of hydrazone groups is 1. The van der Waals surface area contributed by atoms with Crippen LogP contribution in [0.4, 0.5) is 0 Å². The third-order valence-corrected chi connectivity index (χ3v) is 5.63. The van der Waals surface area contributed by atoms with Gasteiger partial charge in [0.25, 0.3) is 5.91 Å². The Morgan fingerprint density at radius 1 is 1.23 bits per heavy atom. The van der Waals surface area contributed by atoms with E-state index >= 15 is 0 Å². The number of nitrogens with zero attached hydrogens (tertiary/aromatic N) is 1. The molecule has 0 aliphatic carbocycles. The van der Waals surface area contributed by atoms with Gasteiger partial charge in [0.15, 0.2) is 0 Å². The molecular formula is C15H16N2O3S2. The first kappa shape index (κ1) is 16.4. The number of hydrogen-bond acceptors (Lipinski definition) is 5. The highest BCUT2D eigenvalue weighted by Gasteiger charge is 2.12. The van der Waals surface area contributed by atoms with E-state index in [0.29, 0.717) is 15.5 Å². The van der Waals surface area contributed by atoms with Crippen molar-refractivity contribution in [3.8, 4) is 0 Å². The molecule has 0 spiro atoms. The number of carbonyl (C=O) groups is 2. The van der Waals surface area contributed by atoms with Crippen LogP contribution in [0, 0.1) is 6.92 Å². The molecule has 22 heavy (non-hydrogen) atoms. The predicted octanol–water partition coefficient (Wildman–Crippen LogP) is 3.53. The lowest BCUT2D eigenvalue weighted by Crippen LogP contribution is -2.17. The van der Waals surface area contributed by atoms with Gasteiger partial charge in [0, 0.05) is 4.88 Å². The molecule has 5 nitrogen and oxygen atoms in total. The summed E-state index contributed by atoms with van der Waals surface area (Å²) in [4.78, 5) is 25.7. The predicted molar refractivity (Wildman–Crippen MR) is 89.4 cm³/mol. The average Bonchev–Trinajstić information content (AvgIpc) is 3.10. The van der Waals surface area contributed by atoms with E-state index in [4.69, 9.17) is 5.11 Å². The Balaban J connectivity index is 2.08. The summed E-state index contributed by atoms with van der Waals surface area (Å²) < 4.78 is 0. The number of aryl methyl sites for hydroxylation is 2. The maximum absolute atomic E-state index is 12.1. The first-order chi connectivity index (χ1) is 10.4. The Labute approximate surface area is 136 Å². The highest BCUT2D eigenvalue weighted by atomic mass is 32.1. The fourth-order valence-electron chi connectivity index (χ4n) is 1.87. The molecule has 0 fully saturated rings. The van der Waals surface area contributed by atoms with Crippen LogP contribution in [-0.2, 0) is 6.42 Å². The zero-order chi connectivity index (χ0) is 16.3. The van der Waals surface area contributed by atoms with Crippen molar-refractivity contribution in [2.45, 2.75) is 27.2 Å². The maximum atomic E-state index is 12.1. The van der Waals surface area contributed by atoms with Gasteiger partial charge in [-0.3, -0.25) is 4.79 Å². The first-order valence-electron chi connectivity index (χ1n) is 6.69. The summed E-state index contributed by atoms with van der Waals surface area (Å²) in [6.45, 7) is 5.77. The lowest BCUT2D eigenvalue weighted by molar-refractivity contribution is 0.0702. The minimum Gasteiger partial charge on any atom is -0.477 e. The van der Waals surface area contributed by atoms with Crippen LogP contribution in [0.15, 0.2) is 23.3 Å². The number of rotatable bonds is 5. The van der Waals surface area contributed by atoms with Gasteiger partial charge in [-0.2, -0.15) is 5.10 Å². The number of aromatic carboxylic acids is 1. The molecule has 0 saturated carbocycles. The van der Waals surface area contributed by atoms with Crippen molar-refractivity contribution in [1.82, 2.24) is 5.43 Å². The molecule has 2 aromatic heterocycles. The van der Waals surface area contributed by atoms with Crippen molar-refractivity contribution in [2.75, 3.05) is 0 Å². The molecule has 0 radical (unpaired) electrons. The number of hydrogen-bond donors (Lipinski definition) is 2. The van der Waals surface area contributed by atoms with E-state index in [-0.39, 0.29) is 10.8 Å². The van der Waals surface area contributed by atoms with Gasteiger partial charge in [0.1, 0.15) is 4.88 Å². The Morgan fingerprint density at radius 3 is 2.45 bits per heavy atom. The molecule has 7 heteroatoms. The van der Waals surface area contributed by atoms with Gasteiger partial charge in [-0.05, 0) is 44.0 Å². The highest BCUT2D eigenvalue weighted by molar-refractivity contribution is 7.16.